The highest BCUT2D eigenvalue weighted by Gasteiger charge is 2.26. The van der Waals surface area contributed by atoms with Gasteiger partial charge in [-0.15, -0.1) is 0 Å². The minimum absolute atomic E-state index is 0.0418. The molecule has 0 aromatic carbocycles. The highest BCUT2D eigenvalue weighted by Crippen LogP contribution is 2.30. The van der Waals surface area contributed by atoms with E-state index in [1.807, 2.05) is 24.0 Å². The van der Waals surface area contributed by atoms with Gasteiger partial charge in [-0.05, 0) is 38.2 Å². The van der Waals surface area contributed by atoms with Gasteiger partial charge in [0.25, 0.3) is 5.56 Å². The van der Waals surface area contributed by atoms with Crippen LogP contribution in [0.2, 0.25) is 0 Å². The van der Waals surface area contributed by atoms with E-state index >= 15 is 0 Å². The summed E-state index contributed by atoms with van der Waals surface area (Å²) in [5.74, 6) is 0.682. The number of hydrogen-bond acceptors (Lipinski definition) is 4. The lowest BCUT2D eigenvalue weighted by molar-refractivity contribution is -0.130. The van der Waals surface area contributed by atoms with E-state index < -0.39 is 0 Å². The maximum atomic E-state index is 12.8. The Morgan fingerprint density at radius 1 is 1.39 bits per heavy atom. The van der Waals surface area contributed by atoms with E-state index in [4.69, 9.17) is 0 Å². The summed E-state index contributed by atoms with van der Waals surface area (Å²) in [4.78, 5) is 36.2. The van der Waals surface area contributed by atoms with E-state index in [9.17, 15) is 9.59 Å². The van der Waals surface area contributed by atoms with Gasteiger partial charge in [0.2, 0.25) is 5.91 Å². The molecule has 7 heteroatoms. The Morgan fingerprint density at radius 3 is 2.89 bits per heavy atom. The first kappa shape index (κ1) is 18.4. The number of aryl methyl sites for hydroxylation is 1. The Kier molecular flexibility index (Phi) is 4.98. The van der Waals surface area contributed by atoms with Crippen LogP contribution >= 0.6 is 0 Å². The summed E-state index contributed by atoms with van der Waals surface area (Å²) in [6, 6.07) is 5.24. The SMILES string of the molecule is CCCN(CC1CC1)C(=O)Cc1cc(=O)n2[nH]c(C)c(-c3cccnc3)c2n1. The Hall–Kier alpha value is -2.96. The van der Waals surface area contributed by atoms with E-state index in [-0.39, 0.29) is 17.9 Å². The summed E-state index contributed by atoms with van der Waals surface area (Å²) in [5, 5.41) is 3.07. The second-order valence-corrected chi connectivity index (χ2v) is 7.56. The third kappa shape index (κ3) is 3.69. The first-order valence-electron chi connectivity index (χ1n) is 9.86. The first-order valence-corrected chi connectivity index (χ1v) is 9.86. The van der Waals surface area contributed by atoms with Crippen LogP contribution in [-0.4, -0.2) is 43.5 Å². The largest absolute Gasteiger partial charge is 0.342 e. The number of amides is 1. The zero-order chi connectivity index (χ0) is 19.7. The molecule has 1 aliphatic rings. The highest BCUT2D eigenvalue weighted by molar-refractivity contribution is 5.81. The normalized spacial score (nSPS) is 13.8. The standard InChI is InChI=1S/C21H25N5O2/c1-3-9-25(13-15-6-7-15)18(27)10-17-11-19(28)26-21(23-17)20(14(2)24-26)16-5-4-8-22-12-16/h4-5,8,11-12,15,24H,3,6-7,9-10,13H2,1-2H3. The van der Waals surface area contributed by atoms with Crippen molar-refractivity contribution in [1.29, 1.82) is 0 Å². The number of aromatic nitrogens is 4. The Labute approximate surface area is 163 Å². The Balaban J connectivity index is 1.68. The van der Waals surface area contributed by atoms with Crippen LogP contribution in [0.3, 0.4) is 0 Å². The molecule has 28 heavy (non-hydrogen) atoms. The fourth-order valence-electron chi connectivity index (χ4n) is 3.61. The van der Waals surface area contributed by atoms with Gasteiger partial charge in [-0.1, -0.05) is 13.0 Å². The van der Waals surface area contributed by atoms with Gasteiger partial charge in [-0.3, -0.25) is 19.7 Å². The lowest BCUT2D eigenvalue weighted by Gasteiger charge is -2.21. The molecule has 146 valence electrons. The number of fused-ring (bicyclic) bond motifs is 1. The van der Waals surface area contributed by atoms with E-state index in [0.29, 0.717) is 17.3 Å². The van der Waals surface area contributed by atoms with E-state index in [1.54, 1.807) is 12.4 Å². The van der Waals surface area contributed by atoms with Crippen molar-refractivity contribution >= 4 is 11.6 Å². The second-order valence-electron chi connectivity index (χ2n) is 7.56. The number of aromatic amines is 1. The van der Waals surface area contributed by atoms with Crippen molar-refractivity contribution in [2.24, 2.45) is 5.92 Å². The summed E-state index contributed by atoms with van der Waals surface area (Å²) in [6.45, 7) is 5.55. The summed E-state index contributed by atoms with van der Waals surface area (Å²) in [6.07, 6.45) is 6.94. The Morgan fingerprint density at radius 2 is 2.21 bits per heavy atom. The van der Waals surface area contributed by atoms with Crippen molar-refractivity contribution in [2.75, 3.05) is 13.1 Å². The predicted molar refractivity (Wildman–Crippen MR) is 107 cm³/mol. The van der Waals surface area contributed by atoms with Gasteiger partial charge in [0, 0.05) is 48.4 Å². The monoisotopic (exact) mass is 379 g/mol. The van der Waals surface area contributed by atoms with Crippen LogP contribution in [-0.2, 0) is 11.2 Å². The molecule has 1 amide bonds. The minimum atomic E-state index is -0.213. The average molecular weight is 379 g/mol. The third-order valence-electron chi connectivity index (χ3n) is 5.15. The maximum Gasteiger partial charge on any atom is 0.272 e. The fourth-order valence-corrected chi connectivity index (χ4v) is 3.61. The summed E-state index contributed by atoms with van der Waals surface area (Å²) in [7, 11) is 0. The zero-order valence-electron chi connectivity index (χ0n) is 16.3. The van der Waals surface area contributed by atoms with Gasteiger partial charge in [0.05, 0.1) is 12.1 Å². The van der Waals surface area contributed by atoms with Crippen LogP contribution in [0.4, 0.5) is 0 Å². The number of nitrogens with one attached hydrogen (secondary N) is 1. The highest BCUT2D eigenvalue weighted by atomic mass is 16.2. The number of pyridine rings is 1. The quantitative estimate of drug-likeness (QED) is 0.684. The maximum absolute atomic E-state index is 12.8. The molecule has 0 aliphatic heterocycles. The lowest BCUT2D eigenvalue weighted by atomic mass is 10.1. The van der Waals surface area contributed by atoms with E-state index in [2.05, 4.69) is 22.0 Å². The fraction of sp³-hybridized carbons (Fsp3) is 0.429. The molecule has 3 aromatic rings. The molecule has 4 rings (SSSR count). The molecule has 1 aliphatic carbocycles. The molecule has 0 spiro atoms. The van der Waals surface area contributed by atoms with Gasteiger partial charge in [-0.2, -0.15) is 0 Å². The van der Waals surface area contributed by atoms with Crippen molar-refractivity contribution in [1.82, 2.24) is 24.5 Å². The number of carbonyl (C=O) groups excluding carboxylic acids is 1. The number of rotatable bonds is 7. The number of H-pyrrole nitrogens is 1. The predicted octanol–water partition coefficient (Wildman–Crippen LogP) is 2.58. The van der Waals surface area contributed by atoms with Crippen LogP contribution in [0.5, 0.6) is 0 Å². The van der Waals surface area contributed by atoms with Crippen molar-refractivity contribution in [3.63, 3.8) is 0 Å². The number of hydrogen-bond donors (Lipinski definition) is 1. The summed E-state index contributed by atoms with van der Waals surface area (Å²) < 4.78 is 1.43. The van der Waals surface area contributed by atoms with Crippen molar-refractivity contribution in [3.8, 4) is 11.1 Å². The van der Waals surface area contributed by atoms with Crippen molar-refractivity contribution < 1.29 is 4.79 Å². The summed E-state index contributed by atoms with van der Waals surface area (Å²) >= 11 is 0. The second kappa shape index (κ2) is 7.58. The minimum Gasteiger partial charge on any atom is -0.342 e. The molecule has 1 fully saturated rings. The molecule has 7 nitrogen and oxygen atoms in total. The molecule has 0 unspecified atom stereocenters. The lowest BCUT2D eigenvalue weighted by Crippen LogP contribution is -2.35. The molecular weight excluding hydrogens is 354 g/mol. The van der Waals surface area contributed by atoms with Crippen molar-refractivity contribution in [3.05, 3.63) is 52.3 Å². The molecule has 3 heterocycles. The van der Waals surface area contributed by atoms with E-state index in [1.165, 1.54) is 23.4 Å². The molecule has 1 saturated carbocycles. The zero-order valence-corrected chi connectivity index (χ0v) is 16.3. The number of nitrogens with zero attached hydrogens (tertiary/aromatic N) is 4. The number of carbonyl (C=O) groups is 1. The van der Waals surface area contributed by atoms with Gasteiger partial charge in [0.1, 0.15) is 0 Å². The molecule has 0 saturated heterocycles. The molecule has 0 bridgehead atoms. The molecule has 0 radical (unpaired) electrons. The Bertz CT molecular complexity index is 1050. The van der Waals surface area contributed by atoms with Gasteiger partial charge in [-0.25, -0.2) is 9.50 Å². The summed E-state index contributed by atoms with van der Waals surface area (Å²) in [5.41, 5.74) is 3.39. The molecule has 3 aromatic heterocycles. The molecule has 0 atom stereocenters. The molecule has 1 N–H and O–H groups in total. The van der Waals surface area contributed by atoms with Crippen LogP contribution in [0.1, 0.15) is 37.6 Å². The first-order chi connectivity index (χ1) is 13.6. The smallest absolute Gasteiger partial charge is 0.272 e. The topological polar surface area (TPSA) is 83.4 Å². The van der Waals surface area contributed by atoms with Crippen LogP contribution < -0.4 is 5.56 Å². The van der Waals surface area contributed by atoms with Gasteiger partial charge >= 0.3 is 0 Å². The van der Waals surface area contributed by atoms with Crippen LogP contribution in [0, 0.1) is 12.8 Å². The van der Waals surface area contributed by atoms with Crippen LogP contribution in [0.15, 0.2) is 35.4 Å². The third-order valence-corrected chi connectivity index (χ3v) is 5.15. The average Bonchev–Trinajstić information content (AvgIpc) is 3.43. The molecular formula is C21H25N5O2. The van der Waals surface area contributed by atoms with Crippen molar-refractivity contribution in [2.45, 2.75) is 39.5 Å². The van der Waals surface area contributed by atoms with Gasteiger partial charge < -0.3 is 4.90 Å². The van der Waals surface area contributed by atoms with Gasteiger partial charge in [0.15, 0.2) is 5.65 Å². The van der Waals surface area contributed by atoms with Crippen LogP contribution in [0.25, 0.3) is 16.8 Å². The van der Waals surface area contributed by atoms with E-state index in [0.717, 1.165) is 36.3 Å².